The summed E-state index contributed by atoms with van der Waals surface area (Å²) < 4.78 is 12.5. The molecule has 0 saturated carbocycles. The molecule has 8 nitrogen and oxygen atoms in total. The quantitative estimate of drug-likeness (QED) is 0.756. The van der Waals surface area contributed by atoms with E-state index in [4.69, 9.17) is 9.26 Å². The van der Waals surface area contributed by atoms with E-state index >= 15 is 0 Å². The highest BCUT2D eigenvalue weighted by molar-refractivity contribution is 5.54. The van der Waals surface area contributed by atoms with Crippen LogP contribution in [0.25, 0.3) is 11.5 Å². The van der Waals surface area contributed by atoms with Crippen LogP contribution < -0.4 is 10.1 Å². The van der Waals surface area contributed by atoms with Gasteiger partial charge in [0.25, 0.3) is 5.89 Å². The first-order valence-electron chi connectivity index (χ1n) is 8.32. The highest BCUT2D eigenvalue weighted by Crippen LogP contribution is 2.20. The number of aryl methyl sites for hydroxylation is 2. The SMILES string of the molecule is COc1ccc(-c2nc(CN[C@H]3CCc4nc(C)nn4C3)no2)cc1. The molecule has 0 bridgehead atoms. The number of ether oxygens (including phenoxy) is 1. The third kappa shape index (κ3) is 3.39. The van der Waals surface area contributed by atoms with E-state index < -0.39 is 0 Å². The first-order valence-corrected chi connectivity index (χ1v) is 8.32. The van der Waals surface area contributed by atoms with E-state index in [1.165, 1.54) is 0 Å². The monoisotopic (exact) mass is 340 g/mol. The zero-order chi connectivity index (χ0) is 17.2. The van der Waals surface area contributed by atoms with Crippen LogP contribution in [0, 0.1) is 6.92 Å². The maximum atomic E-state index is 5.35. The van der Waals surface area contributed by atoms with Crippen LogP contribution in [0.1, 0.15) is 23.9 Å². The van der Waals surface area contributed by atoms with Crippen LogP contribution in [0.5, 0.6) is 5.75 Å². The molecule has 1 atom stereocenters. The first-order chi connectivity index (χ1) is 12.2. The predicted octanol–water partition coefficient (Wildman–Crippen LogP) is 1.75. The summed E-state index contributed by atoms with van der Waals surface area (Å²) >= 11 is 0. The second kappa shape index (κ2) is 6.64. The number of fused-ring (bicyclic) bond motifs is 1. The summed E-state index contributed by atoms with van der Waals surface area (Å²) in [4.78, 5) is 8.88. The van der Waals surface area contributed by atoms with Crippen LogP contribution in [-0.4, -0.2) is 38.1 Å². The van der Waals surface area contributed by atoms with Crippen LogP contribution in [-0.2, 0) is 19.5 Å². The topological polar surface area (TPSA) is 90.9 Å². The molecule has 130 valence electrons. The molecule has 0 amide bonds. The lowest BCUT2D eigenvalue weighted by Crippen LogP contribution is -2.37. The molecule has 1 N–H and O–H groups in total. The molecule has 4 rings (SSSR count). The van der Waals surface area contributed by atoms with Crippen molar-refractivity contribution in [3.8, 4) is 17.2 Å². The number of hydrogen-bond acceptors (Lipinski definition) is 7. The fourth-order valence-corrected chi connectivity index (χ4v) is 3.01. The Hall–Kier alpha value is -2.74. The van der Waals surface area contributed by atoms with Crippen molar-refractivity contribution in [2.45, 2.75) is 38.9 Å². The molecule has 0 spiro atoms. The first kappa shape index (κ1) is 15.8. The lowest BCUT2D eigenvalue weighted by atomic mass is 10.1. The van der Waals surface area contributed by atoms with Crippen LogP contribution in [0.3, 0.4) is 0 Å². The molecule has 3 aromatic rings. The van der Waals surface area contributed by atoms with Crippen molar-refractivity contribution in [2.24, 2.45) is 0 Å². The Kier molecular flexibility index (Phi) is 4.19. The fraction of sp³-hybridized carbons (Fsp3) is 0.412. The van der Waals surface area contributed by atoms with E-state index in [0.717, 1.165) is 42.3 Å². The molecule has 0 saturated heterocycles. The van der Waals surface area contributed by atoms with E-state index in [1.807, 2.05) is 35.9 Å². The number of benzene rings is 1. The predicted molar refractivity (Wildman–Crippen MR) is 90.0 cm³/mol. The van der Waals surface area contributed by atoms with Gasteiger partial charge in [-0.15, -0.1) is 0 Å². The van der Waals surface area contributed by atoms with Gasteiger partial charge in [0.05, 0.1) is 20.2 Å². The molecule has 0 unspecified atom stereocenters. The van der Waals surface area contributed by atoms with Crippen molar-refractivity contribution in [1.29, 1.82) is 0 Å². The van der Waals surface area contributed by atoms with Gasteiger partial charge in [0.1, 0.15) is 17.4 Å². The minimum atomic E-state index is 0.330. The third-order valence-electron chi connectivity index (χ3n) is 4.32. The van der Waals surface area contributed by atoms with Gasteiger partial charge >= 0.3 is 0 Å². The van der Waals surface area contributed by atoms with Crippen LogP contribution >= 0.6 is 0 Å². The van der Waals surface area contributed by atoms with E-state index in [-0.39, 0.29) is 0 Å². The van der Waals surface area contributed by atoms with Crippen molar-refractivity contribution >= 4 is 0 Å². The normalized spacial score (nSPS) is 16.6. The van der Waals surface area contributed by atoms with E-state index in [1.54, 1.807) is 7.11 Å². The Morgan fingerprint density at radius 1 is 1.28 bits per heavy atom. The maximum absolute atomic E-state index is 5.35. The molecular weight excluding hydrogens is 320 g/mol. The molecule has 0 aliphatic carbocycles. The second-order valence-electron chi connectivity index (χ2n) is 6.12. The number of aromatic nitrogens is 5. The summed E-state index contributed by atoms with van der Waals surface area (Å²) in [5.41, 5.74) is 0.875. The van der Waals surface area contributed by atoms with Gasteiger partial charge in [-0.25, -0.2) is 9.67 Å². The molecule has 8 heteroatoms. The van der Waals surface area contributed by atoms with Crippen molar-refractivity contribution < 1.29 is 9.26 Å². The van der Waals surface area contributed by atoms with Gasteiger partial charge in [0, 0.05) is 18.0 Å². The standard InChI is InChI=1S/C17H20N6O2/c1-11-19-16-8-5-13(10-23(16)21-11)18-9-15-20-17(25-22-15)12-3-6-14(24-2)7-4-12/h3-4,6-7,13,18H,5,8-10H2,1-2H3/t13-/m0/s1. The zero-order valence-electron chi connectivity index (χ0n) is 14.3. The minimum Gasteiger partial charge on any atom is -0.497 e. The molecule has 1 aliphatic heterocycles. The largest absolute Gasteiger partial charge is 0.497 e. The highest BCUT2D eigenvalue weighted by Gasteiger charge is 2.21. The Morgan fingerprint density at radius 3 is 2.92 bits per heavy atom. The van der Waals surface area contributed by atoms with E-state index in [2.05, 4.69) is 25.5 Å². The fourth-order valence-electron chi connectivity index (χ4n) is 3.01. The molecule has 25 heavy (non-hydrogen) atoms. The van der Waals surface area contributed by atoms with Gasteiger partial charge in [0.15, 0.2) is 5.82 Å². The summed E-state index contributed by atoms with van der Waals surface area (Å²) in [7, 11) is 1.64. The number of nitrogens with zero attached hydrogens (tertiary/aromatic N) is 5. The highest BCUT2D eigenvalue weighted by atomic mass is 16.5. The van der Waals surface area contributed by atoms with Crippen LogP contribution in [0.2, 0.25) is 0 Å². The summed E-state index contributed by atoms with van der Waals surface area (Å²) in [6.07, 6.45) is 1.96. The van der Waals surface area contributed by atoms with Crippen LogP contribution in [0.4, 0.5) is 0 Å². The summed E-state index contributed by atoms with van der Waals surface area (Å²) in [6.45, 7) is 3.31. The third-order valence-corrected chi connectivity index (χ3v) is 4.32. The van der Waals surface area contributed by atoms with E-state index in [0.29, 0.717) is 24.3 Å². The van der Waals surface area contributed by atoms with Gasteiger partial charge in [-0.2, -0.15) is 10.1 Å². The van der Waals surface area contributed by atoms with Crippen molar-refractivity contribution in [1.82, 2.24) is 30.2 Å². The molecule has 1 aromatic carbocycles. The number of rotatable bonds is 5. The molecule has 3 heterocycles. The smallest absolute Gasteiger partial charge is 0.257 e. The molecule has 2 aromatic heterocycles. The van der Waals surface area contributed by atoms with Gasteiger partial charge in [-0.05, 0) is 37.6 Å². The Balaban J connectivity index is 1.37. The summed E-state index contributed by atoms with van der Waals surface area (Å²) in [6, 6.07) is 7.88. The Labute approximate surface area is 145 Å². The number of nitrogens with one attached hydrogen (secondary N) is 1. The molecule has 1 aliphatic rings. The number of methoxy groups -OCH3 is 1. The van der Waals surface area contributed by atoms with E-state index in [9.17, 15) is 0 Å². The Bertz CT molecular complexity index is 854. The lowest BCUT2D eigenvalue weighted by molar-refractivity contribution is 0.350. The average Bonchev–Trinajstić information content (AvgIpc) is 3.25. The minimum absolute atomic E-state index is 0.330. The van der Waals surface area contributed by atoms with Crippen LogP contribution in [0.15, 0.2) is 28.8 Å². The van der Waals surface area contributed by atoms with Crippen molar-refractivity contribution in [2.75, 3.05) is 7.11 Å². The summed E-state index contributed by atoms with van der Waals surface area (Å²) in [5, 5.41) is 12.0. The van der Waals surface area contributed by atoms with Crippen molar-refractivity contribution in [3.05, 3.63) is 41.7 Å². The second-order valence-corrected chi connectivity index (χ2v) is 6.12. The average molecular weight is 340 g/mol. The zero-order valence-corrected chi connectivity index (χ0v) is 14.3. The number of hydrogen-bond donors (Lipinski definition) is 1. The Morgan fingerprint density at radius 2 is 2.12 bits per heavy atom. The lowest BCUT2D eigenvalue weighted by Gasteiger charge is -2.22. The van der Waals surface area contributed by atoms with Gasteiger partial charge in [-0.1, -0.05) is 5.16 Å². The molecule has 0 fully saturated rings. The van der Waals surface area contributed by atoms with Crippen molar-refractivity contribution in [3.63, 3.8) is 0 Å². The van der Waals surface area contributed by atoms with Gasteiger partial charge in [0.2, 0.25) is 0 Å². The maximum Gasteiger partial charge on any atom is 0.257 e. The molecular formula is C17H20N6O2. The summed E-state index contributed by atoms with van der Waals surface area (Å²) in [5.74, 6) is 3.85. The van der Waals surface area contributed by atoms with Gasteiger partial charge < -0.3 is 14.6 Å². The molecule has 0 radical (unpaired) electrons. The van der Waals surface area contributed by atoms with Gasteiger partial charge in [-0.3, -0.25) is 0 Å².